The van der Waals surface area contributed by atoms with Crippen molar-refractivity contribution in [3.8, 4) is 11.4 Å². The average Bonchev–Trinajstić information content (AvgIpc) is 3.03. The third kappa shape index (κ3) is 4.60. The standard InChI is InChI=1S/C24H29N5O4/c1-4-33-22-9-6-5-8-21(22)28-23(17(2)27-13-7-12-26(3)14-15-27)25-20-16-18(29(31)32)10-11-19(20)24(28)30/h5-6,8-11,16-17H,4,7,12-15H2,1-3H3. The fourth-order valence-corrected chi connectivity index (χ4v) is 4.35. The highest BCUT2D eigenvalue weighted by Gasteiger charge is 2.26. The van der Waals surface area contributed by atoms with Crippen LogP contribution in [0.25, 0.3) is 16.6 Å². The highest BCUT2D eigenvalue weighted by molar-refractivity contribution is 5.80. The third-order valence-electron chi connectivity index (χ3n) is 6.17. The first-order chi connectivity index (χ1) is 15.9. The van der Waals surface area contributed by atoms with Crippen LogP contribution in [0.3, 0.4) is 0 Å². The van der Waals surface area contributed by atoms with E-state index in [1.54, 1.807) is 4.57 Å². The van der Waals surface area contributed by atoms with Crippen LogP contribution in [0.4, 0.5) is 5.69 Å². The van der Waals surface area contributed by atoms with Gasteiger partial charge in [-0.1, -0.05) is 12.1 Å². The van der Waals surface area contributed by atoms with Crippen molar-refractivity contribution in [3.05, 3.63) is 68.8 Å². The van der Waals surface area contributed by atoms with E-state index in [1.165, 1.54) is 18.2 Å². The Hall–Kier alpha value is -3.30. The van der Waals surface area contributed by atoms with Gasteiger partial charge in [0.25, 0.3) is 11.2 Å². The van der Waals surface area contributed by atoms with Gasteiger partial charge in [-0.25, -0.2) is 4.98 Å². The van der Waals surface area contributed by atoms with E-state index in [0.717, 1.165) is 32.6 Å². The van der Waals surface area contributed by atoms with Gasteiger partial charge in [0.05, 0.1) is 34.2 Å². The molecule has 0 saturated carbocycles. The van der Waals surface area contributed by atoms with Crippen molar-refractivity contribution in [2.24, 2.45) is 0 Å². The summed E-state index contributed by atoms with van der Waals surface area (Å²) in [6, 6.07) is 11.4. The van der Waals surface area contributed by atoms with Crippen molar-refractivity contribution in [1.82, 2.24) is 19.4 Å². The second kappa shape index (κ2) is 9.68. The zero-order valence-electron chi connectivity index (χ0n) is 19.2. The highest BCUT2D eigenvalue weighted by atomic mass is 16.6. The molecule has 1 unspecified atom stereocenters. The molecule has 4 rings (SSSR count). The summed E-state index contributed by atoms with van der Waals surface area (Å²) < 4.78 is 7.44. The predicted molar refractivity (Wildman–Crippen MR) is 127 cm³/mol. The summed E-state index contributed by atoms with van der Waals surface area (Å²) in [6.07, 6.45) is 1.01. The van der Waals surface area contributed by atoms with E-state index in [4.69, 9.17) is 9.72 Å². The summed E-state index contributed by atoms with van der Waals surface area (Å²) >= 11 is 0. The number of benzene rings is 2. The van der Waals surface area contributed by atoms with Crippen LogP contribution in [0.15, 0.2) is 47.3 Å². The largest absolute Gasteiger partial charge is 0.492 e. The van der Waals surface area contributed by atoms with Crippen LogP contribution < -0.4 is 10.3 Å². The zero-order chi connectivity index (χ0) is 23.5. The first-order valence-corrected chi connectivity index (χ1v) is 11.3. The van der Waals surface area contributed by atoms with E-state index in [-0.39, 0.29) is 17.3 Å². The topological polar surface area (TPSA) is 93.7 Å². The summed E-state index contributed by atoms with van der Waals surface area (Å²) in [5.74, 6) is 1.14. The Balaban J connectivity index is 1.95. The van der Waals surface area contributed by atoms with Gasteiger partial charge >= 0.3 is 0 Å². The van der Waals surface area contributed by atoms with Crippen LogP contribution in [-0.4, -0.2) is 64.1 Å². The van der Waals surface area contributed by atoms with Gasteiger partial charge in [-0.3, -0.25) is 24.4 Å². The van der Waals surface area contributed by atoms with Crippen LogP contribution in [0, 0.1) is 10.1 Å². The summed E-state index contributed by atoms with van der Waals surface area (Å²) in [5.41, 5.74) is 0.590. The first kappa shape index (κ1) is 22.9. The van der Waals surface area contributed by atoms with E-state index in [0.29, 0.717) is 34.8 Å². The maximum atomic E-state index is 13.8. The Kier molecular flexibility index (Phi) is 6.71. The van der Waals surface area contributed by atoms with Crippen molar-refractivity contribution >= 4 is 16.6 Å². The summed E-state index contributed by atoms with van der Waals surface area (Å²) in [5, 5.41) is 11.7. The van der Waals surface area contributed by atoms with Crippen LogP contribution in [-0.2, 0) is 0 Å². The van der Waals surface area contributed by atoms with E-state index in [1.807, 2.05) is 38.1 Å². The lowest BCUT2D eigenvalue weighted by Crippen LogP contribution is -2.35. The molecule has 0 radical (unpaired) electrons. The summed E-state index contributed by atoms with van der Waals surface area (Å²) in [7, 11) is 2.11. The molecule has 1 saturated heterocycles. The van der Waals surface area contributed by atoms with Crippen LogP contribution in [0.1, 0.15) is 32.1 Å². The molecule has 33 heavy (non-hydrogen) atoms. The molecule has 9 nitrogen and oxygen atoms in total. The van der Waals surface area contributed by atoms with Gasteiger partial charge in [-0.05, 0) is 52.1 Å². The number of hydrogen-bond donors (Lipinski definition) is 0. The number of para-hydroxylation sites is 2. The van der Waals surface area contributed by atoms with Crippen molar-refractivity contribution in [1.29, 1.82) is 0 Å². The van der Waals surface area contributed by atoms with Crippen molar-refractivity contribution in [2.75, 3.05) is 39.8 Å². The quantitative estimate of drug-likeness (QED) is 0.419. The number of ether oxygens (including phenoxy) is 1. The van der Waals surface area contributed by atoms with Crippen molar-refractivity contribution < 1.29 is 9.66 Å². The molecule has 9 heteroatoms. The van der Waals surface area contributed by atoms with E-state index < -0.39 is 4.92 Å². The number of nitro groups is 1. The fraction of sp³-hybridized carbons (Fsp3) is 0.417. The molecule has 1 aliphatic rings. The number of rotatable bonds is 6. The van der Waals surface area contributed by atoms with Gasteiger partial charge in [0, 0.05) is 31.8 Å². The molecule has 174 valence electrons. The fourth-order valence-electron chi connectivity index (χ4n) is 4.35. The molecular weight excluding hydrogens is 422 g/mol. The Morgan fingerprint density at radius 1 is 1.15 bits per heavy atom. The average molecular weight is 452 g/mol. The normalized spacial score (nSPS) is 16.5. The molecule has 2 aromatic carbocycles. The van der Waals surface area contributed by atoms with Crippen LogP contribution in [0.2, 0.25) is 0 Å². The van der Waals surface area contributed by atoms with Gasteiger partial charge < -0.3 is 9.64 Å². The molecule has 1 aliphatic heterocycles. The summed E-state index contributed by atoms with van der Waals surface area (Å²) in [4.78, 5) is 34.1. The zero-order valence-corrected chi connectivity index (χ0v) is 19.2. The Morgan fingerprint density at radius 3 is 2.70 bits per heavy atom. The van der Waals surface area contributed by atoms with E-state index >= 15 is 0 Å². The minimum Gasteiger partial charge on any atom is -0.492 e. The molecule has 3 aromatic rings. The lowest BCUT2D eigenvalue weighted by Gasteiger charge is -2.29. The predicted octanol–water partition coefficient (Wildman–Crippen LogP) is 3.39. The third-order valence-corrected chi connectivity index (χ3v) is 6.17. The molecule has 0 aliphatic carbocycles. The molecular formula is C24H29N5O4. The summed E-state index contributed by atoms with van der Waals surface area (Å²) in [6.45, 7) is 8.05. The maximum Gasteiger partial charge on any atom is 0.271 e. The number of likely N-dealkylation sites (N-methyl/N-ethyl adjacent to an activating group) is 1. The molecule has 2 heterocycles. The Morgan fingerprint density at radius 2 is 1.94 bits per heavy atom. The van der Waals surface area contributed by atoms with E-state index in [9.17, 15) is 14.9 Å². The number of non-ortho nitro benzene ring substituents is 1. The number of nitrogens with zero attached hydrogens (tertiary/aromatic N) is 5. The SMILES string of the molecule is CCOc1ccccc1-n1c(C(C)N2CCCN(C)CC2)nc2cc([N+](=O)[O-])ccc2c1=O. The van der Waals surface area contributed by atoms with Crippen LogP contribution >= 0.6 is 0 Å². The molecule has 0 spiro atoms. The Bertz CT molecular complexity index is 1230. The minimum absolute atomic E-state index is 0.0862. The number of fused-ring (bicyclic) bond motifs is 1. The second-order valence-electron chi connectivity index (χ2n) is 8.34. The number of hydrogen-bond acceptors (Lipinski definition) is 7. The molecule has 0 N–H and O–H groups in total. The van der Waals surface area contributed by atoms with Gasteiger partial charge in [-0.2, -0.15) is 0 Å². The van der Waals surface area contributed by atoms with Gasteiger partial charge in [-0.15, -0.1) is 0 Å². The molecule has 0 amide bonds. The number of nitro benzene ring substituents is 1. The second-order valence-corrected chi connectivity index (χ2v) is 8.34. The smallest absolute Gasteiger partial charge is 0.271 e. The molecule has 0 bridgehead atoms. The van der Waals surface area contributed by atoms with Crippen molar-refractivity contribution in [3.63, 3.8) is 0 Å². The minimum atomic E-state index is -0.467. The molecule has 1 atom stereocenters. The highest BCUT2D eigenvalue weighted by Crippen LogP contribution is 2.29. The lowest BCUT2D eigenvalue weighted by molar-refractivity contribution is -0.384. The van der Waals surface area contributed by atoms with Gasteiger partial charge in [0.1, 0.15) is 11.6 Å². The van der Waals surface area contributed by atoms with Gasteiger partial charge in [0.2, 0.25) is 0 Å². The van der Waals surface area contributed by atoms with Gasteiger partial charge in [0.15, 0.2) is 0 Å². The Labute approximate surface area is 192 Å². The van der Waals surface area contributed by atoms with E-state index in [2.05, 4.69) is 16.8 Å². The first-order valence-electron chi connectivity index (χ1n) is 11.3. The maximum absolute atomic E-state index is 13.8. The molecule has 1 aromatic heterocycles. The van der Waals surface area contributed by atoms with Crippen molar-refractivity contribution in [2.45, 2.75) is 26.3 Å². The monoisotopic (exact) mass is 451 g/mol. The molecule has 1 fully saturated rings. The van der Waals surface area contributed by atoms with Crippen LogP contribution in [0.5, 0.6) is 5.75 Å². The lowest BCUT2D eigenvalue weighted by atomic mass is 10.1. The number of aromatic nitrogens is 2.